The first-order valence-electron chi connectivity index (χ1n) is 6.85. The van der Waals surface area contributed by atoms with Crippen molar-refractivity contribution < 1.29 is 37.1 Å². The summed E-state index contributed by atoms with van der Waals surface area (Å²) in [5.41, 5.74) is -0.345. The summed E-state index contributed by atoms with van der Waals surface area (Å²) in [6.07, 6.45) is 0. The fourth-order valence-corrected chi connectivity index (χ4v) is 3.91. The van der Waals surface area contributed by atoms with Crippen molar-refractivity contribution in [3.8, 4) is 0 Å². The monoisotopic (exact) mass is 358 g/mol. The molecule has 0 amide bonds. The van der Waals surface area contributed by atoms with Gasteiger partial charge in [0.25, 0.3) is 0 Å². The average molecular weight is 358 g/mol. The van der Waals surface area contributed by atoms with E-state index in [0.29, 0.717) is 0 Å². The van der Waals surface area contributed by atoms with E-state index < -0.39 is 33.7 Å². The Hall–Kier alpha value is -3.33. The first-order chi connectivity index (χ1) is 11.8. The highest BCUT2D eigenvalue weighted by Gasteiger charge is 2.34. The average Bonchev–Trinajstić information content (AvgIpc) is 3.03. The molecule has 0 atom stereocenters. The standard InChI is InChI=1S/C16H6O8S/c17-13-9-3-1-7(5-11(9)15(19)23-13)25(21,22)8-2-4-10-12(6-8)16(20)24-14(10)18/h1-6H. The van der Waals surface area contributed by atoms with Crippen molar-refractivity contribution in [1.82, 2.24) is 0 Å². The lowest BCUT2D eigenvalue weighted by molar-refractivity contribution is 0.0425. The van der Waals surface area contributed by atoms with Crippen molar-refractivity contribution in [2.24, 2.45) is 0 Å². The van der Waals surface area contributed by atoms with Crippen LogP contribution < -0.4 is 0 Å². The highest BCUT2D eigenvalue weighted by Crippen LogP contribution is 2.29. The second-order valence-corrected chi connectivity index (χ2v) is 7.22. The van der Waals surface area contributed by atoms with Crippen LogP contribution in [-0.2, 0) is 19.3 Å². The highest BCUT2D eigenvalue weighted by molar-refractivity contribution is 7.91. The van der Waals surface area contributed by atoms with Gasteiger partial charge in [-0.1, -0.05) is 0 Å². The third-order valence-electron chi connectivity index (χ3n) is 3.85. The number of fused-ring (bicyclic) bond motifs is 2. The van der Waals surface area contributed by atoms with Gasteiger partial charge in [0, 0.05) is 0 Å². The lowest BCUT2D eigenvalue weighted by atomic mass is 10.1. The Morgan fingerprint density at radius 3 is 1.32 bits per heavy atom. The van der Waals surface area contributed by atoms with Crippen LogP contribution in [0.1, 0.15) is 41.4 Å². The molecule has 2 aromatic carbocycles. The Bertz CT molecular complexity index is 1040. The maximum Gasteiger partial charge on any atom is 0.346 e. The van der Waals surface area contributed by atoms with Gasteiger partial charge in [-0.05, 0) is 36.4 Å². The Morgan fingerprint density at radius 1 is 0.560 bits per heavy atom. The molecule has 0 radical (unpaired) electrons. The van der Waals surface area contributed by atoms with Crippen molar-refractivity contribution in [3.05, 3.63) is 58.7 Å². The molecule has 0 bridgehead atoms. The van der Waals surface area contributed by atoms with Crippen molar-refractivity contribution >= 4 is 33.7 Å². The smallest absolute Gasteiger partial charge is 0.346 e. The zero-order valence-electron chi connectivity index (χ0n) is 12.1. The van der Waals surface area contributed by atoms with Crippen LogP contribution in [0.5, 0.6) is 0 Å². The van der Waals surface area contributed by atoms with E-state index in [1.165, 1.54) is 12.1 Å². The van der Waals surface area contributed by atoms with Crippen molar-refractivity contribution in [2.45, 2.75) is 9.79 Å². The summed E-state index contributed by atoms with van der Waals surface area (Å²) in [6.45, 7) is 0. The molecule has 0 spiro atoms. The van der Waals surface area contributed by atoms with E-state index >= 15 is 0 Å². The first-order valence-corrected chi connectivity index (χ1v) is 8.33. The number of sulfone groups is 1. The zero-order valence-corrected chi connectivity index (χ0v) is 13.0. The lowest BCUT2D eigenvalue weighted by Gasteiger charge is -2.06. The van der Waals surface area contributed by atoms with E-state index in [2.05, 4.69) is 9.47 Å². The predicted octanol–water partition coefficient (Wildman–Crippen LogP) is 1.14. The summed E-state index contributed by atoms with van der Waals surface area (Å²) < 4.78 is 34.3. The van der Waals surface area contributed by atoms with Gasteiger partial charge < -0.3 is 9.47 Å². The first kappa shape index (κ1) is 15.2. The molecule has 124 valence electrons. The van der Waals surface area contributed by atoms with Crippen LogP contribution in [-0.4, -0.2) is 32.3 Å². The number of ether oxygens (including phenoxy) is 2. The van der Waals surface area contributed by atoms with Crippen molar-refractivity contribution in [3.63, 3.8) is 0 Å². The number of carbonyl (C=O) groups excluding carboxylic acids is 4. The molecular weight excluding hydrogens is 352 g/mol. The maximum absolute atomic E-state index is 12.7. The van der Waals surface area contributed by atoms with E-state index in [1.807, 2.05) is 0 Å². The molecule has 4 rings (SSSR count). The van der Waals surface area contributed by atoms with Crippen LogP contribution in [0.3, 0.4) is 0 Å². The molecule has 0 N–H and O–H groups in total. The SMILES string of the molecule is O=C1OC(=O)c2cc(S(=O)(=O)c3ccc4c(c3)C(=O)OC4=O)ccc21. The van der Waals surface area contributed by atoms with Crippen LogP contribution >= 0.6 is 0 Å². The van der Waals surface area contributed by atoms with Gasteiger partial charge in [0.2, 0.25) is 9.84 Å². The molecule has 0 aliphatic carbocycles. The summed E-state index contributed by atoms with van der Waals surface area (Å²) in [5.74, 6) is -3.55. The Morgan fingerprint density at radius 2 is 0.920 bits per heavy atom. The van der Waals surface area contributed by atoms with Crippen LogP contribution in [0.2, 0.25) is 0 Å². The van der Waals surface area contributed by atoms with Gasteiger partial charge in [-0.15, -0.1) is 0 Å². The molecule has 2 heterocycles. The Kier molecular flexibility index (Phi) is 2.94. The normalized spacial score (nSPS) is 15.7. The molecule has 2 aliphatic rings. The summed E-state index contributed by atoms with van der Waals surface area (Å²) in [7, 11) is -4.10. The molecular formula is C16H6O8S. The molecule has 25 heavy (non-hydrogen) atoms. The molecule has 2 aliphatic heterocycles. The Labute approximate surface area is 139 Å². The van der Waals surface area contributed by atoms with E-state index in [-0.39, 0.29) is 32.0 Å². The maximum atomic E-state index is 12.7. The van der Waals surface area contributed by atoms with Gasteiger partial charge in [-0.25, -0.2) is 27.6 Å². The molecule has 0 unspecified atom stereocenters. The van der Waals surface area contributed by atoms with E-state index in [1.54, 1.807) is 0 Å². The second-order valence-electron chi connectivity index (χ2n) is 5.27. The number of hydrogen-bond acceptors (Lipinski definition) is 8. The number of esters is 4. The third-order valence-corrected chi connectivity index (χ3v) is 5.60. The molecule has 8 nitrogen and oxygen atoms in total. The number of benzene rings is 2. The van der Waals surface area contributed by atoms with Crippen LogP contribution in [0.4, 0.5) is 0 Å². The van der Waals surface area contributed by atoms with Gasteiger partial charge in [0.05, 0.1) is 32.0 Å². The highest BCUT2D eigenvalue weighted by atomic mass is 32.2. The van der Waals surface area contributed by atoms with Gasteiger partial charge in [0.1, 0.15) is 0 Å². The van der Waals surface area contributed by atoms with Gasteiger partial charge in [0.15, 0.2) is 0 Å². The number of rotatable bonds is 2. The number of hydrogen-bond donors (Lipinski definition) is 0. The van der Waals surface area contributed by atoms with Gasteiger partial charge in [-0.2, -0.15) is 0 Å². The topological polar surface area (TPSA) is 121 Å². The fraction of sp³-hybridized carbons (Fsp3) is 0. The molecule has 2 aromatic rings. The third kappa shape index (κ3) is 2.09. The van der Waals surface area contributed by atoms with E-state index in [4.69, 9.17) is 0 Å². The minimum Gasteiger partial charge on any atom is -0.386 e. The summed E-state index contributed by atoms with van der Waals surface area (Å²) in [6, 6.07) is 6.75. The molecule has 0 saturated carbocycles. The Balaban J connectivity index is 1.84. The fourth-order valence-electron chi connectivity index (χ4n) is 2.60. The molecule has 0 saturated heterocycles. The zero-order chi connectivity index (χ0) is 17.9. The number of cyclic esters (lactones) is 4. The van der Waals surface area contributed by atoms with Crippen molar-refractivity contribution in [1.29, 1.82) is 0 Å². The summed E-state index contributed by atoms with van der Waals surface area (Å²) >= 11 is 0. The van der Waals surface area contributed by atoms with Gasteiger partial charge >= 0.3 is 23.9 Å². The quantitative estimate of drug-likeness (QED) is 0.579. The van der Waals surface area contributed by atoms with Crippen LogP contribution in [0, 0.1) is 0 Å². The summed E-state index contributed by atoms with van der Waals surface area (Å²) in [4.78, 5) is 45.5. The van der Waals surface area contributed by atoms with Crippen LogP contribution in [0.25, 0.3) is 0 Å². The van der Waals surface area contributed by atoms with Crippen molar-refractivity contribution in [2.75, 3.05) is 0 Å². The molecule has 9 heteroatoms. The van der Waals surface area contributed by atoms with Crippen LogP contribution in [0.15, 0.2) is 46.2 Å². The minimum absolute atomic E-state index is 0.0212. The van der Waals surface area contributed by atoms with Gasteiger partial charge in [-0.3, -0.25) is 0 Å². The van der Waals surface area contributed by atoms with E-state index in [9.17, 15) is 27.6 Å². The summed E-state index contributed by atoms with van der Waals surface area (Å²) in [5, 5.41) is 0. The molecule has 0 fully saturated rings. The minimum atomic E-state index is -4.10. The molecule has 0 aromatic heterocycles. The number of carbonyl (C=O) groups is 4. The van der Waals surface area contributed by atoms with E-state index in [0.717, 1.165) is 24.3 Å². The predicted molar refractivity (Wildman–Crippen MR) is 77.8 cm³/mol. The second kappa shape index (κ2) is 4.84. The largest absolute Gasteiger partial charge is 0.386 e. The lowest BCUT2D eigenvalue weighted by Crippen LogP contribution is -2.06.